The molecule has 1 aromatic heterocycles. The van der Waals surface area contributed by atoms with Crippen LogP contribution in [0.15, 0.2) is 28.1 Å². The number of rotatable bonds is 4. The molecule has 1 saturated heterocycles. The topological polar surface area (TPSA) is 45.2 Å². The second-order valence-corrected chi connectivity index (χ2v) is 8.36. The van der Waals surface area contributed by atoms with E-state index in [1.807, 2.05) is 5.38 Å². The molecule has 1 aromatic carbocycles. The van der Waals surface area contributed by atoms with E-state index in [-0.39, 0.29) is 5.91 Å². The minimum atomic E-state index is -0.236. The molecule has 1 N–H and O–H groups in total. The van der Waals surface area contributed by atoms with Crippen LogP contribution in [0.1, 0.15) is 35.8 Å². The van der Waals surface area contributed by atoms with Crippen LogP contribution in [0.4, 0.5) is 5.13 Å². The van der Waals surface area contributed by atoms with Crippen molar-refractivity contribution in [3.8, 4) is 0 Å². The highest BCUT2D eigenvalue weighted by Crippen LogP contribution is 2.24. The number of thiazole rings is 1. The lowest BCUT2D eigenvalue weighted by Crippen LogP contribution is -2.32. The average Bonchev–Trinajstić information content (AvgIpc) is 2.96. The summed E-state index contributed by atoms with van der Waals surface area (Å²) in [6.45, 7) is 5.39. The zero-order chi connectivity index (χ0) is 17.1. The zero-order valence-electron chi connectivity index (χ0n) is 13.4. The summed E-state index contributed by atoms with van der Waals surface area (Å²) in [6, 6.07) is 5.21. The summed E-state index contributed by atoms with van der Waals surface area (Å²) in [4.78, 5) is 19.3. The molecular weight excluding hydrogens is 410 g/mol. The van der Waals surface area contributed by atoms with Crippen LogP contribution in [0, 0.1) is 5.92 Å². The van der Waals surface area contributed by atoms with Crippen LogP contribution < -0.4 is 5.32 Å². The van der Waals surface area contributed by atoms with Crippen molar-refractivity contribution in [3.63, 3.8) is 0 Å². The Balaban J connectivity index is 1.60. The predicted octanol–water partition coefficient (Wildman–Crippen LogP) is 5.04. The van der Waals surface area contributed by atoms with Crippen molar-refractivity contribution >= 4 is 49.9 Å². The van der Waals surface area contributed by atoms with Crippen molar-refractivity contribution in [3.05, 3.63) is 44.3 Å². The van der Waals surface area contributed by atoms with E-state index in [9.17, 15) is 4.79 Å². The van der Waals surface area contributed by atoms with Gasteiger partial charge in [-0.05, 0) is 50.0 Å². The number of hydrogen-bond donors (Lipinski definition) is 1. The molecule has 1 aliphatic rings. The Hall–Kier alpha value is -0.950. The molecule has 7 heteroatoms. The number of likely N-dealkylation sites (tertiary alicyclic amines) is 1. The van der Waals surface area contributed by atoms with E-state index in [0.29, 0.717) is 15.7 Å². The van der Waals surface area contributed by atoms with E-state index < -0.39 is 0 Å². The lowest BCUT2D eigenvalue weighted by molar-refractivity contribution is 0.102. The summed E-state index contributed by atoms with van der Waals surface area (Å²) in [6.07, 6.45) is 2.49. The third-order valence-electron chi connectivity index (χ3n) is 4.21. The first kappa shape index (κ1) is 17.9. The first-order chi connectivity index (χ1) is 11.5. The van der Waals surface area contributed by atoms with E-state index in [2.05, 4.69) is 38.1 Å². The summed E-state index contributed by atoms with van der Waals surface area (Å²) in [7, 11) is 0. The van der Waals surface area contributed by atoms with Crippen LogP contribution in [0.3, 0.4) is 0 Å². The first-order valence-electron chi connectivity index (χ1n) is 7.94. The Labute approximate surface area is 159 Å². The normalized spacial score (nSPS) is 16.3. The standard InChI is InChI=1S/C17H19BrClN3OS/c1-11-4-6-22(7-5-11)9-13-10-24-17(20-13)21-16(23)14-3-2-12(18)8-15(14)19/h2-3,8,10-11H,4-7,9H2,1H3,(H,20,21,23). The van der Waals surface area contributed by atoms with Gasteiger partial charge in [0.05, 0.1) is 16.3 Å². The summed E-state index contributed by atoms with van der Waals surface area (Å²) in [5.74, 6) is 0.586. The van der Waals surface area contributed by atoms with Gasteiger partial charge in [-0.1, -0.05) is 34.5 Å². The molecule has 0 unspecified atom stereocenters. The molecule has 24 heavy (non-hydrogen) atoms. The molecule has 1 fully saturated rings. The fourth-order valence-corrected chi connectivity index (χ4v) is 4.18. The van der Waals surface area contributed by atoms with Gasteiger partial charge in [-0.25, -0.2) is 4.98 Å². The second-order valence-electron chi connectivity index (χ2n) is 6.18. The number of nitrogens with one attached hydrogen (secondary N) is 1. The van der Waals surface area contributed by atoms with Crippen molar-refractivity contribution in [2.24, 2.45) is 5.92 Å². The smallest absolute Gasteiger partial charge is 0.258 e. The van der Waals surface area contributed by atoms with E-state index in [1.165, 1.54) is 24.2 Å². The van der Waals surface area contributed by atoms with Gasteiger partial charge < -0.3 is 0 Å². The van der Waals surface area contributed by atoms with E-state index >= 15 is 0 Å². The van der Waals surface area contributed by atoms with Gasteiger partial charge in [0.15, 0.2) is 5.13 Å². The quantitative estimate of drug-likeness (QED) is 0.741. The van der Waals surface area contributed by atoms with Gasteiger partial charge in [-0.15, -0.1) is 11.3 Å². The molecule has 1 aliphatic heterocycles. The number of aromatic nitrogens is 1. The molecule has 0 spiro atoms. The zero-order valence-corrected chi connectivity index (χ0v) is 16.5. The van der Waals surface area contributed by atoms with Crippen molar-refractivity contribution in [1.82, 2.24) is 9.88 Å². The summed E-state index contributed by atoms with van der Waals surface area (Å²) < 4.78 is 0.844. The number of nitrogens with zero attached hydrogens (tertiary/aromatic N) is 2. The molecule has 0 atom stereocenters. The fraction of sp³-hybridized carbons (Fsp3) is 0.412. The van der Waals surface area contributed by atoms with Gasteiger partial charge >= 0.3 is 0 Å². The molecule has 0 bridgehead atoms. The summed E-state index contributed by atoms with van der Waals surface area (Å²) in [5, 5.41) is 5.87. The minimum Gasteiger partial charge on any atom is -0.298 e. The average molecular weight is 429 g/mol. The number of anilines is 1. The highest BCUT2D eigenvalue weighted by Gasteiger charge is 2.17. The largest absolute Gasteiger partial charge is 0.298 e. The van der Waals surface area contributed by atoms with Crippen LogP contribution in [-0.4, -0.2) is 28.9 Å². The molecule has 2 aromatic rings. The highest BCUT2D eigenvalue weighted by atomic mass is 79.9. The maximum Gasteiger partial charge on any atom is 0.258 e. The van der Waals surface area contributed by atoms with Crippen LogP contribution in [0.5, 0.6) is 0 Å². The van der Waals surface area contributed by atoms with E-state index in [1.54, 1.807) is 18.2 Å². The molecule has 4 nitrogen and oxygen atoms in total. The molecule has 128 valence electrons. The molecule has 3 rings (SSSR count). The SMILES string of the molecule is CC1CCN(Cc2csc(NC(=O)c3ccc(Br)cc3Cl)n2)CC1. The number of carbonyl (C=O) groups is 1. The molecule has 1 amide bonds. The number of hydrogen-bond acceptors (Lipinski definition) is 4. The third kappa shape index (κ3) is 4.57. The fourth-order valence-electron chi connectivity index (χ4n) is 2.72. The Bertz CT molecular complexity index is 728. The molecule has 0 aliphatic carbocycles. The molecule has 0 radical (unpaired) electrons. The van der Waals surface area contributed by atoms with Gasteiger partial charge in [0.25, 0.3) is 5.91 Å². The maximum absolute atomic E-state index is 12.3. The van der Waals surface area contributed by atoms with Crippen LogP contribution in [0.25, 0.3) is 0 Å². The van der Waals surface area contributed by atoms with Crippen LogP contribution in [-0.2, 0) is 6.54 Å². The van der Waals surface area contributed by atoms with Crippen LogP contribution in [0.2, 0.25) is 5.02 Å². The van der Waals surface area contributed by atoms with Gasteiger partial charge in [-0.3, -0.25) is 15.0 Å². The Morgan fingerprint density at radius 3 is 2.92 bits per heavy atom. The number of piperidine rings is 1. The van der Waals surface area contributed by atoms with E-state index in [0.717, 1.165) is 35.7 Å². The Morgan fingerprint density at radius 1 is 1.46 bits per heavy atom. The third-order valence-corrected chi connectivity index (χ3v) is 5.82. The maximum atomic E-state index is 12.3. The van der Waals surface area contributed by atoms with Crippen molar-refractivity contribution in [1.29, 1.82) is 0 Å². The first-order valence-corrected chi connectivity index (χ1v) is 9.99. The summed E-state index contributed by atoms with van der Waals surface area (Å²) in [5.41, 5.74) is 1.45. The monoisotopic (exact) mass is 427 g/mol. The second kappa shape index (κ2) is 7.95. The van der Waals surface area contributed by atoms with Crippen molar-refractivity contribution in [2.75, 3.05) is 18.4 Å². The van der Waals surface area contributed by atoms with E-state index in [4.69, 9.17) is 11.6 Å². The van der Waals surface area contributed by atoms with Gasteiger partial charge in [0, 0.05) is 16.4 Å². The highest BCUT2D eigenvalue weighted by molar-refractivity contribution is 9.10. The number of amides is 1. The van der Waals surface area contributed by atoms with Crippen molar-refractivity contribution in [2.45, 2.75) is 26.3 Å². The van der Waals surface area contributed by atoms with Crippen LogP contribution >= 0.6 is 38.9 Å². The Morgan fingerprint density at radius 2 is 2.21 bits per heavy atom. The van der Waals surface area contributed by atoms with Gasteiger partial charge in [0.2, 0.25) is 0 Å². The number of carbonyl (C=O) groups excluding carboxylic acids is 1. The molecular formula is C17H19BrClN3OS. The van der Waals surface area contributed by atoms with Crippen molar-refractivity contribution < 1.29 is 4.79 Å². The van der Waals surface area contributed by atoms with Gasteiger partial charge in [-0.2, -0.15) is 0 Å². The predicted molar refractivity (Wildman–Crippen MR) is 103 cm³/mol. The molecule has 2 heterocycles. The summed E-state index contributed by atoms with van der Waals surface area (Å²) >= 11 is 10.9. The van der Waals surface area contributed by atoms with Gasteiger partial charge in [0.1, 0.15) is 0 Å². The lowest BCUT2D eigenvalue weighted by atomic mass is 9.99. The Kier molecular flexibility index (Phi) is 5.92. The minimum absolute atomic E-state index is 0.236. The number of halogens is 2. The molecule has 0 saturated carbocycles. The number of benzene rings is 1. The lowest BCUT2D eigenvalue weighted by Gasteiger charge is -2.29.